The maximum absolute atomic E-state index is 13.5. The zero-order valence-corrected chi connectivity index (χ0v) is 20.6. The number of aromatic nitrogens is 1. The van der Waals surface area contributed by atoms with Crippen LogP contribution in [0.5, 0.6) is 0 Å². The SMILES string of the molecule is O=C(NCc1ccccn1)C(=O)[C@@H](Cc1ccccc1)NCC1(NC(=O)C2CCC(F)(F)CC2)COC1. The Morgan fingerprint density at radius 1 is 1.03 bits per heavy atom. The van der Waals surface area contributed by atoms with Crippen LogP contribution in [-0.2, 0) is 32.1 Å². The lowest BCUT2D eigenvalue weighted by molar-refractivity contribution is -0.141. The summed E-state index contributed by atoms with van der Waals surface area (Å²) in [5.74, 6) is -4.82. The topological polar surface area (TPSA) is 109 Å². The Morgan fingerprint density at radius 2 is 1.73 bits per heavy atom. The standard InChI is InChI=1S/C27H32F2N4O4/c28-27(29)11-9-20(10-12-27)24(35)33-26(17-37-18-26)16-32-22(14-19-6-2-1-3-7-19)23(34)25(36)31-15-21-8-4-5-13-30-21/h1-8,13,20,22,32H,9-12,14-18H2,(H,31,36)(H,33,35)/t22-/m1/s1. The third-order valence-electron chi connectivity index (χ3n) is 6.90. The summed E-state index contributed by atoms with van der Waals surface area (Å²) in [7, 11) is 0. The summed E-state index contributed by atoms with van der Waals surface area (Å²) in [4.78, 5) is 42.8. The lowest BCUT2D eigenvalue weighted by atomic mass is 9.85. The van der Waals surface area contributed by atoms with E-state index in [0.29, 0.717) is 5.69 Å². The second-order valence-electron chi connectivity index (χ2n) is 9.88. The van der Waals surface area contributed by atoms with Gasteiger partial charge in [-0.25, -0.2) is 8.78 Å². The van der Waals surface area contributed by atoms with Crippen molar-refractivity contribution in [3.8, 4) is 0 Å². The van der Waals surface area contributed by atoms with Crippen LogP contribution in [0.2, 0.25) is 0 Å². The van der Waals surface area contributed by atoms with Gasteiger partial charge in [-0.2, -0.15) is 0 Å². The first-order chi connectivity index (χ1) is 17.8. The molecule has 0 spiro atoms. The summed E-state index contributed by atoms with van der Waals surface area (Å²) in [6.07, 6.45) is 1.56. The number of alkyl halides is 2. The van der Waals surface area contributed by atoms with Crippen LogP contribution in [0.4, 0.5) is 8.78 Å². The molecule has 2 aliphatic rings. The predicted molar refractivity (Wildman–Crippen MR) is 132 cm³/mol. The zero-order chi connectivity index (χ0) is 26.3. The maximum atomic E-state index is 13.5. The summed E-state index contributed by atoms with van der Waals surface area (Å²) >= 11 is 0. The van der Waals surface area contributed by atoms with Gasteiger partial charge in [0.15, 0.2) is 0 Å². The van der Waals surface area contributed by atoms with Gasteiger partial charge in [-0.15, -0.1) is 0 Å². The normalized spacial score (nSPS) is 19.3. The van der Waals surface area contributed by atoms with Crippen molar-refractivity contribution in [2.75, 3.05) is 19.8 Å². The Morgan fingerprint density at radius 3 is 2.35 bits per heavy atom. The fourth-order valence-electron chi connectivity index (χ4n) is 4.58. The second-order valence-corrected chi connectivity index (χ2v) is 9.88. The van der Waals surface area contributed by atoms with Crippen LogP contribution in [0.25, 0.3) is 0 Å². The largest absolute Gasteiger partial charge is 0.376 e. The fraction of sp³-hybridized carbons (Fsp3) is 0.481. The van der Waals surface area contributed by atoms with Gasteiger partial charge in [0.05, 0.1) is 37.0 Å². The number of hydrogen-bond acceptors (Lipinski definition) is 6. The van der Waals surface area contributed by atoms with E-state index in [1.54, 1.807) is 24.4 Å². The molecule has 1 atom stereocenters. The van der Waals surface area contributed by atoms with Gasteiger partial charge in [0.2, 0.25) is 17.6 Å². The summed E-state index contributed by atoms with van der Waals surface area (Å²) in [6.45, 7) is 0.773. The molecule has 10 heteroatoms. The number of carbonyl (C=O) groups is 3. The number of ketones is 1. The molecule has 8 nitrogen and oxygen atoms in total. The number of rotatable bonds is 11. The molecule has 0 unspecified atom stereocenters. The number of halogens is 2. The van der Waals surface area contributed by atoms with Crippen LogP contribution in [0, 0.1) is 5.92 Å². The van der Waals surface area contributed by atoms with Crippen molar-refractivity contribution in [3.63, 3.8) is 0 Å². The third-order valence-corrected chi connectivity index (χ3v) is 6.90. The van der Waals surface area contributed by atoms with Crippen molar-refractivity contribution < 1.29 is 27.9 Å². The quantitative estimate of drug-likeness (QED) is 0.397. The highest BCUT2D eigenvalue weighted by Crippen LogP contribution is 2.36. The Bertz CT molecular complexity index is 1070. The van der Waals surface area contributed by atoms with Crippen LogP contribution < -0.4 is 16.0 Å². The molecule has 1 aromatic heterocycles. The van der Waals surface area contributed by atoms with Gasteiger partial charge in [-0.3, -0.25) is 19.4 Å². The molecule has 4 rings (SSSR count). The van der Waals surface area contributed by atoms with Crippen LogP contribution in [0.3, 0.4) is 0 Å². The molecule has 2 heterocycles. The molecule has 1 saturated carbocycles. The number of benzene rings is 1. The third kappa shape index (κ3) is 7.39. The highest BCUT2D eigenvalue weighted by Gasteiger charge is 2.44. The average molecular weight is 515 g/mol. The van der Waals surface area contributed by atoms with E-state index in [-0.39, 0.29) is 64.3 Å². The average Bonchev–Trinajstić information content (AvgIpc) is 2.88. The first kappa shape index (κ1) is 26.8. The van der Waals surface area contributed by atoms with Crippen LogP contribution in [0.15, 0.2) is 54.7 Å². The molecule has 1 saturated heterocycles. The maximum Gasteiger partial charge on any atom is 0.289 e. The van der Waals surface area contributed by atoms with Gasteiger partial charge in [0.25, 0.3) is 5.91 Å². The molecular formula is C27H32F2N4O4. The van der Waals surface area contributed by atoms with E-state index >= 15 is 0 Å². The number of amides is 2. The molecule has 2 fully saturated rings. The number of carbonyl (C=O) groups excluding carboxylic acids is 3. The van der Waals surface area contributed by atoms with E-state index in [1.165, 1.54) is 0 Å². The van der Waals surface area contributed by atoms with E-state index < -0.39 is 35.1 Å². The minimum Gasteiger partial charge on any atom is -0.376 e. The predicted octanol–water partition coefficient (Wildman–Crippen LogP) is 2.18. The lowest BCUT2D eigenvalue weighted by Crippen LogP contribution is -2.69. The molecule has 0 bridgehead atoms. The number of Topliss-reactive ketones (excluding diaryl/α,β-unsaturated/α-hetero) is 1. The summed E-state index contributed by atoms with van der Waals surface area (Å²) in [6, 6.07) is 13.8. The van der Waals surface area contributed by atoms with E-state index in [2.05, 4.69) is 20.9 Å². The summed E-state index contributed by atoms with van der Waals surface area (Å²) in [5.41, 5.74) is 0.735. The number of pyridine rings is 1. The molecule has 2 amide bonds. The van der Waals surface area contributed by atoms with Crippen molar-refractivity contribution in [1.29, 1.82) is 0 Å². The van der Waals surface area contributed by atoms with Crippen LogP contribution in [0.1, 0.15) is 36.9 Å². The van der Waals surface area contributed by atoms with E-state index in [4.69, 9.17) is 4.74 Å². The van der Waals surface area contributed by atoms with Gasteiger partial charge in [-0.05, 0) is 37.0 Å². The molecule has 3 N–H and O–H groups in total. The van der Waals surface area contributed by atoms with E-state index in [1.807, 2.05) is 30.3 Å². The van der Waals surface area contributed by atoms with E-state index in [9.17, 15) is 23.2 Å². The Balaban J connectivity index is 1.38. The van der Waals surface area contributed by atoms with E-state index in [0.717, 1.165) is 5.56 Å². The number of hydrogen-bond donors (Lipinski definition) is 3. The van der Waals surface area contributed by atoms with Crippen molar-refractivity contribution in [1.82, 2.24) is 20.9 Å². The smallest absolute Gasteiger partial charge is 0.289 e. The molecule has 1 aliphatic heterocycles. The molecule has 1 aliphatic carbocycles. The lowest BCUT2D eigenvalue weighted by Gasteiger charge is -2.44. The highest BCUT2D eigenvalue weighted by atomic mass is 19.3. The Kier molecular flexibility index (Phi) is 8.60. The van der Waals surface area contributed by atoms with Gasteiger partial charge in [0.1, 0.15) is 0 Å². The summed E-state index contributed by atoms with van der Waals surface area (Å²) < 4.78 is 32.4. The molecule has 198 valence electrons. The Labute approximate surface area is 214 Å². The Hall–Kier alpha value is -3.24. The van der Waals surface area contributed by atoms with Crippen LogP contribution in [-0.4, -0.2) is 59.8 Å². The number of nitrogens with one attached hydrogen (secondary N) is 3. The van der Waals surface area contributed by atoms with Gasteiger partial charge < -0.3 is 20.7 Å². The monoisotopic (exact) mass is 514 g/mol. The first-order valence-electron chi connectivity index (χ1n) is 12.5. The zero-order valence-electron chi connectivity index (χ0n) is 20.6. The number of ether oxygens (including phenoxy) is 1. The van der Waals surface area contributed by atoms with Gasteiger partial charge in [0, 0.05) is 31.5 Å². The molecule has 2 aromatic rings. The first-order valence-corrected chi connectivity index (χ1v) is 12.5. The van der Waals surface area contributed by atoms with Crippen molar-refractivity contribution in [3.05, 3.63) is 66.0 Å². The molecule has 37 heavy (non-hydrogen) atoms. The van der Waals surface area contributed by atoms with Crippen molar-refractivity contribution in [2.24, 2.45) is 5.92 Å². The number of nitrogens with zero attached hydrogens (tertiary/aromatic N) is 1. The second kappa shape index (κ2) is 11.9. The highest BCUT2D eigenvalue weighted by molar-refractivity contribution is 6.38. The molecule has 1 aromatic carbocycles. The molecular weight excluding hydrogens is 482 g/mol. The van der Waals surface area contributed by atoms with Crippen molar-refractivity contribution >= 4 is 17.6 Å². The van der Waals surface area contributed by atoms with Gasteiger partial charge >= 0.3 is 0 Å². The molecule has 0 radical (unpaired) electrons. The minimum absolute atomic E-state index is 0.123. The fourth-order valence-corrected chi connectivity index (χ4v) is 4.58. The van der Waals surface area contributed by atoms with Gasteiger partial charge in [-0.1, -0.05) is 36.4 Å². The summed E-state index contributed by atoms with van der Waals surface area (Å²) in [5, 5.41) is 8.77. The minimum atomic E-state index is -2.71. The van der Waals surface area contributed by atoms with Crippen molar-refractivity contribution in [2.45, 2.75) is 56.2 Å². The van der Waals surface area contributed by atoms with Crippen LogP contribution >= 0.6 is 0 Å².